The van der Waals surface area contributed by atoms with Crippen molar-refractivity contribution in [3.05, 3.63) is 85.0 Å². The van der Waals surface area contributed by atoms with E-state index in [4.69, 9.17) is 56.8 Å². The quantitative estimate of drug-likeness (QED) is 0.0267. The Labute approximate surface area is 379 Å². The van der Waals surface area contributed by atoms with Crippen LogP contribution >= 0.6 is 0 Å². The number of hydrogen-bond donors (Lipinski definition) is 0. The van der Waals surface area contributed by atoms with Crippen LogP contribution in [0.4, 0.5) is 11.4 Å². The number of rotatable bonds is 40. The molecule has 0 radical (unpaired) electrons. The number of carbonyl (C=O) groups is 3. The molecule has 17 nitrogen and oxygen atoms in total. The number of likely N-dealkylation sites (N-methyl/N-ethyl adjacent to an activating group) is 2. The Bertz CT molecular complexity index is 1450. The summed E-state index contributed by atoms with van der Waals surface area (Å²) in [4.78, 5) is 39.8. The van der Waals surface area contributed by atoms with Crippen molar-refractivity contribution in [3.8, 4) is 0 Å². The fourth-order valence-electron chi connectivity index (χ4n) is 5.73. The highest BCUT2D eigenvalue weighted by Gasteiger charge is 2.14. The molecule has 0 aliphatic carbocycles. The lowest BCUT2D eigenvalue weighted by molar-refractivity contribution is -0.160. The van der Waals surface area contributed by atoms with Crippen molar-refractivity contribution < 1.29 is 71.2 Å². The monoisotopic (exact) mass is 904 g/mol. The second-order valence-electron chi connectivity index (χ2n) is 13.8. The average Bonchev–Trinajstić information content (AvgIpc) is 3.31. The highest BCUT2D eigenvalue weighted by atomic mass is 16.7. The molecule has 2 rings (SSSR count). The molecule has 0 aliphatic rings. The van der Waals surface area contributed by atoms with E-state index in [0.717, 1.165) is 36.6 Å². The van der Waals surface area contributed by atoms with Crippen molar-refractivity contribution in [1.29, 1.82) is 0 Å². The van der Waals surface area contributed by atoms with Gasteiger partial charge in [0.15, 0.2) is 30.9 Å². The van der Waals surface area contributed by atoms with Gasteiger partial charge in [-0.25, -0.2) is 9.59 Å². The topological polar surface area (TPSA) is 168 Å². The first-order valence-corrected chi connectivity index (χ1v) is 21.9. The number of benzene rings is 2. The van der Waals surface area contributed by atoms with E-state index >= 15 is 0 Å². The number of carbonyl (C=O) groups excluding carboxylic acids is 3. The summed E-state index contributed by atoms with van der Waals surface area (Å²) in [5.41, 5.74) is 3.21. The van der Waals surface area contributed by atoms with Crippen molar-refractivity contribution in [2.75, 3.05) is 128 Å². The third-order valence-electron chi connectivity index (χ3n) is 9.19. The highest BCUT2D eigenvalue weighted by Crippen LogP contribution is 2.20. The molecule has 0 saturated carbocycles. The number of anilines is 2. The zero-order valence-electron chi connectivity index (χ0n) is 38.7. The summed E-state index contributed by atoms with van der Waals surface area (Å²) in [7, 11) is 0. The molecule has 360 valence electrons. The van der Waals surface area contributed by atoms with E-state index in [-0.39, 0.29) is 32.2 Å². The Hall–Kier alpha value is -4.27. The smallest absolute Gasteiger partial charge is 0.330 e. The van der Waals surface area contributed by atoms with E-state index in [2.05, 4.69) is 36.8 Å². The molecule has 0 bridgehead atoms. The molecule has 0 aliphatic heterocycles. The summed E-state index contributed by atoms with van der Waals surface area (Å²) in [6, 6.07) is 15.3. The van der Waals surface area contributed by atoms with E-state index < -0.39 is 37.1 Å². The van der Waals surface area contributed by atoms with Crippen LogP contribution in [-0.4, -0.2) is 162 Å². The summed E-state index contributed by atoms with van der Waals surface area (Å²) in [6.07, 6.45) is 0.482. The van der Waals surface area contributed by atoms with Gasteiger partial charge < -0.3 is 66.6 Å². The van der Waals surface area contributed by atoms with Crippen LogP contribution in [-0.2, 0) is 66.4 Å². The van der Waals surface area contributed by atoms with Crippen molar-refractivity contribution in [2.24, 2.45) is 0 Å². The average molecular weight is 905 g/mol. The number of ether oxygens (including phenoxy) is 12. The van der Waals surface area contributed by atoms with E-state index in [9.17, 15) is 14.4 Å². The molecule has 0 saturated heterocycles. The molecule has 0 amide bonds. The van der Waals surface area contributed by atoms with Crippen LogP contribution in [0, 0.1) is 0 Å². The molecular weight excluding hydrogens is 833 g/mol. The van der Waals surface area contributed by atoms with Crippen molar-refractivity contribution >= 4 is 29.1 Å². The molecule has 0 aromatic heterocycles. The van der Waals surface area contributed by atoms with Gasteiger partial charge in [0.25, 0.3) is 0 Å². The molecule has 0 N–H and O–H groups in total. The van der Waals surface area contributed by atoms with Gasteiger partial charge >= 0.3 is 11.9 Å². The van der Waals surface area contributed by atoms with Crippen LogP contribution in [0.15, 0.2) is 73.8 Å². The highest BCUT2D eigenvalue weighted by molar-refractivity contribution is 6.09. The zero-order valence-corrected chi connectivity index (χ0v) is 38.7. The van der Waals surface area contributed by atoms with Crippen LogP contribution < -0.4 is 9.80 Å². The van der Waals surface area contributed by atoms with Gasteiger partial charge in [0, 0.05) is 60.8 Å². The second-order valence-corrected chi connectivity index (χ2v) is 13.8. The maximum absolute atomic E-state index is 13.4. The summed E-state index contributed by atoms with van der Waals surface area (Å²) in [5.74, 6) is -1.03. The molecule has 17 heteroatoms. The first-order chi connectivity index (χ1) is 31.0. The maximum atomic E-state index is 13.4. The van der Waals surface area contributed by atoms with Gasteiger partial charge in [-0.1, -0.05) is 13.2 Å². The summed E-state index contributed by atoms with van der Waals surface area (Å²) in [5, 5.41) is 0. The first kappa shape index (κ1) is 55.9. The molecule has 0 fully saturated rings. The number of esters is 2. The van der Waals surface area contributed by atoms with E-state index in [0.29, 0.717) is 90.3 Å². The molecule has 2 aromatic rings. The van der Waals surface area contributed by atoms with Gasteiger partial charge in [0.1, 0.15) is 13.2 Å². The Morgan fingerprint density at radius 2 is 0.734 bits per heavy atom. The van der Waals surface area contributed by atoms with Gasteiger partial charge in [-0.15, -0.1) is 0 Å². The third kappa shape index (κ3) is 25.3. The maximum Gasteiger partial charge on any atom is 0.330 e. The minimum atomic E-state index is -0.491. The van der Waals surface area contributed by atoms with Gasteiger partial charge in [-0.05, 0) is 90.1 Å². The van der Waals surface area contributed by atoms with Crippen LogP contribution in [0.3, 0.4) is 0 Å². The zero-order chi connectivity index (χ0) is 46.8. The van der Waals surface area contributed by atoms with Crippen molar-refractivity contribution in [1.82, 2.24) is 0 Å². The van der Waals surface area contributed by atoms with Gasteiger partial charge in [0.05, 0.1) is 79.3 Å². The minimum absolute atomic E-state index is 0.0469. The standard InChI is InChI=1S/C47H72N2O15/c1-9-45(50)63-35-33-61-39(7)59-31-27-53-25-29-57-37(5)55-23-21-48(11-3)43-17-13-41(14-18-43)47(52)42-15-19-44(20-16-42)49(12-4)22-24-56-38(6)58-30-26-54-28-32-60-40(8)62-34-36-64-46(51)10-2/h9-10,13-20,37-40H,1-2,11-12,21-36H2,3-8H3. The Kier molecular flexibility index (Phi) is 30.6. The number of ketones is 1. The van der Waals surface area contributed by atoms with Gasteiger partial charge in [-0.3, -0.25) is 4.79 Å². The fraction of sp³-hybridized carbons (Fsp3) is 0.596. The Morgan fingerprint density at radius 1 is 0.453 bits per heavy atom. The van der Waals surface area contributed by atoms with Gasteiger partial charge in [-0.2, -0.15) is 0 Å². The second kappa shape index (κ2) is 35.0. The Morgan fingerprint density at radius 3 is 1.02 bits per heavy atom. The van der Waals surface area contributed by atoms with Crippen LogP contribution in [0.1, 0.15) is 57.5 Å². The summed E-state index contributed by atoms with van der Waals surface area (Å²) in [6.45, 7) is 25.5. The lowest BCUT2D eigenvalue weighted by atomic mass is 10.0. The van der Waals surface area contributed by atoms with Crippen molar-refractivity contribution in [2.45, 2.75) is 66.7 Å². The number of nitrogens with zero attached hydrogens (tertiary/aromatic N) is 2. The SMILES string of the molecule is C=CC(=O)OCCOC(C)OCCOCCOC(C)OCCN(CC)c1ccc(C(=O)c2ccc(N(CC)CCOC(C)OCCOCCOC(C)OCCOC(=O)C=C)cc2)cc1. The molecule has 2 aromatic carbocycles. The Balaban J connectivity index is 1.61. The number of hydrogen-bond acceptors (Lipinski definition) is 17. The van der Waals surface area contributed by atoms with Gasteiger partial charge in [0.2, 0.25) is 0 Å². The third-order valence-corrected chi connectivity index (χ3v) is 9.19. The van der Waals surface area contributed by atoms with E-state index in [1.165, 1.54) is 0 Å². The lowest BCUT2D eigenvalue weighted by Crippen LogP contribution is -2.29. The van der Waals surface area contributed by atoms with E-state index in [1.54, 1.807) is 13.8 Å². The summed E-state index contributed by atoms with van der Waals surface area (Å²) >= 11 is 0. The first-order valence-electron chi connectivity index (χ1n) is 21.9. The van der Waals surface area contributed by atoms with E-state index in [1.807, 2.05) is 62.4 Å². The van der Waals surface area contributed by atoms with Crippen LogP contribution in [0.2, 0.25) is 0 Å². The normalized spacial score (nSPS) is 13.1. The molecular formula is C47H72N2O15. The lowest BCUT2D eigenvalue weighted by Gasteiger charge is -2.24. The van der Waals surface area contributed by atoms with Crippen molar-refractivity contribution in [3.63, 3.8) is 0 Å². The molecule has 0 spiro atoms. The molecule has 4 unspecified atom stereocenters. The largest absolute Gasteiger partial charge is 0.460 e. The molecule has 64 heavy (non-hydrogen) atoms. The predicted octanol–water partition coefficient (Wildman–Crippen LogP) is 5.58. The van der Waals surface area contributed by atoms with Crippen LogP contribution in [0.25, 0.3) is 0 Å². The minimum Gasteiger partial charge on any atom is -0.460 e. The van der Waals surface area contributed by atoms with Crippen LogP contribution in [0.5, 0.6) is 0 Å². The fourth-order valence-corrected chi connectivity index (χ4v) is 5.73. The summed E-state index contributed by atoms with van der Waals surface area (Å²) < 4.78 is 65.8. The molecule has 0 heterocycles. The molecule has 4 atom stereocenters. The predicted molar refractivity (Wildman–Crippen MR) is 242 cm³/mol.